The molecule has 0 saturated carbocycles. The van der Waals surface area contributed by atoms with Crippen LogP contribution in [0.3, 0.4) is 0 Å². The van der Waals surface area contributed by atoms with Gasteiger partial charge in [0.25, 0.3) is 5.97 Å². The van der Waals surface area contributed by atoms with E-state index in [4.69, 9.17) is 9.90 Å². The summed E-state index contributed by atoms with van der Waals surface area (Å²) >= 11 is 3.41. The molecule has 0 fully saturated rings. The number of nitrogens with one attached hydrogen (secondary N) is 2. The normalized spacial score (nSPS) is 10.7. The summed E-state index contributed by atoms with van der Waals surface area (Å²) in [5.74, 6) is 1.10. The number of aliphatic carboxylic acids is 1. The number of nitrogens with zero attached hydrogens (tertiary/aromatic N) is 6. The lowest BCUT2D eigenvalue weighted by Gasteiger charge is -2.02. The van der Waals surface area contributed by atoms with Crippen molar-refractivity contribution in [3.8, 4) is 0 Å². The molecule has 0 aliphatic heterocycles. The van der Waals surface area contributed by atoms with Gasteiger partial charge < -0.3 is 15.1 Å². The van der Waals surface area contributed by atoms with Crippen LogP contribution in [0.5, 0.6) is 0 Å². The number of imidazole rings is 2. The molecular weight excluding hydrogens is 388 g/mol. The van der Waals surface area contributed by atoms with Crippen molar-refractivity contribution in [1.82, 2.24) is 39.9 Å². The van der Waals surface area contributed by atoms with Crippen LogP contribution in [0.25, 0.3) is 22.3 Å². The molecule has 4 rings (SSSR count). The predicted octanol–water partition coefficient (Wildman–Crippen LogP) is 2.38. The van der Waals surface area contributed by atoms with Crippen LogP contribution in [0.4, 0.5) is 0 Å². The van der Waals surface area contributed by atoms with Gasteiger partial charge in [-0.05, 0) is 6.42 Å². The maximum atomic E-state index is 9.00. The molecular formula is C15H16N8O2S2. The third-order valence-corrected chi connectivity index (χ3v) is 5.29. The molecule has 0 amide bonds. The molecule has 0 radical (unpaired) electrons. The summed E-state index contributed by atoms with van der Waals surface area (Å²) in [6, 6.07) is 0. The van der Waals surface area contributed by atoms with E-state index in [2.05, 4.69) is 39.9 Å². The fourth-order valence-corrected chi connectivity index (χ4v) is 4.08. The van der Waals surface area contributed by atoms with Crippen molar-refractivity contribution < 1.29 is 9.90 Å². The molecule has 3 N–H and O–H groups in total. The van der Waals surface area contributed by atoms with Crippen LogP contribution in [0.1, 0.15) is 13.3 Å². The van der Waals surface area contributed by atoms with Crippen LogP contribution in [-0.4, -0.2) is 62.5 Å². The number of aromatic nitrogens is 8. The number of H-pyrrole nitrogens is 2. The van der Waals surface area contributed by atoms with Crippen molar-refractivity contribution >= 4 is 51.8 Å². The second-order valence-electron chi connectivity index (χ2n) is 5.13. The van der Waals surface area contributed by atoms with E-state index in [0.29, 0.717) is 11.3 Å². The number of aromatic amines is 2. The summed E-state index contributed by atoms with van der Waals surface area (Å²) in [4.78, 5) is 40.3. The van der Waals surface area contributed by atoms with Crippen molar-refractivity contribution in [2.45, 2.75) is 23.4 Å². The molecule has 12 heteroatoms. The molecule has 27 heavy (non-hydrogen) atoms. The largest absolute Gasteiger partial charge is 0.481 e. The number of thioether (sulfide) groups is 2. The molecule has 4 aromatic rings. The fourth-order valence-electron chi connectivity index (χ4n) is 2.10. The first-order valence-corrected chi connectivity index (χ1v) is 9.85. The maximum absolute atomic E-state index is 9.00. The van der Waals surface area contributed by atoms with E-state index in [9.17, 15) is 0 Å². The Kier molecular flexibility index (Phi) is 6.54. The molecule has 140 valence electrons. The average Bonchev–Trinajstić information content (AvgIpc) is 3.30. The quantitative estimate of drug-likeness (QED) is 0.248. The molecule has 0 aliphatic rings. The zero-order valence-electron chi connectivity index (χ0n) is 14.3. The molecule has 0 bridgehead atoms. The van der Waals surface area contributed by atoms with Crippen LogP contribution < -0.4 is 0 Å². The highest BCUT2D eigenvalue weighted by atomic mass is 32.2. The van der Waals surface area contributed by atoms with Gasteiger partial charge in [-0.15, -0.1) is 23.5 Å². The lowest BCUT2D eigenvalue weighted by Crippen LogP contribution is -1.91. The first kappa shape index (κ1) is 19.0. The van der Waals surface area contributed by atoms with Crippen LogP contribution in [0, 0.1) is 0 Å². The number of fused-ring (bicyclic) bond motifs is 2. The SMILES string of the molecule is CC(=O)O.c1nc(SCCCSc2ncnc3nc[nH]c23)c2[nH]cnc2n1. The smallest absolute Gasteiger partial charge is 0.300 e. The number of rotatable bonds is 6. The van der Waals surface area contributed by atoms with Gasteiger partial charge in [-0.3, -0.25) is 4.79 Å². The summed E-state index contributed by atoms with van der Waals surface area (Å²) in [6.45, 7) is 1.08. The number of carbonyl (C=O) groups is 1. The van der Waals surface area contributed by atoms with Gasteiger partial charge in [0.2, 0.25) is 0 Å². The van der Waals surface area contributed by atoms with Gasteiger partial charge in [0, 0.05) is 18.4 Å². The lowest BCUT2D eigenvalue weighted by molar-refractivity contribution is -0.134. The maximum Gasteiger partial charge on any atom is 0.300 e. The van der Waals surface area contributed by atoms with Gasteiger partial charge in [-0.25, -0.2) is 29.9 Å². The second kappa shape index (κ2) is 9.28. The molecule has 0 aliphatic carbocycles. The standard InChI is InChI=1S/C13H12N8S2.C2H4O2/c1(2-22-12-8-10(16-4-14-8)18-6-20-12)3-23-13-9-11(17-5-15-9)19-7-21-13;1-2(3)4/h4-7H,1-3H2,(H,14,16,18,20)(H,15,17,19,21);1H3,(H,3,4). The van der Waals surface area contributed by atoms with E-state index in [1.54, 1.807) is 48.8 Å². The highest BCUT2D eigenvalue weighted by molar-refractivity contribution is 8.00. The Hall–Kier alpha value is -2.73. The highest BCUT2D eigenvalue weighted by Gasteiger charge is 2.08. The first-order valence-electron chi connectivity index (χ1n) is 7.88. The molecule has 4 heterocycles. The zero-order chi connectivity index (χ0) is 19.1. The van der Waals surface area contributed by atoms with Crippen LogP contribution in [0.2, 0.25) is 0 Å². The molecule has 0 aromatic carbocycles. The minimum absolute atomic E-state index is 0.708. The fraction of sp³-hybridized carbons (Fsp3) is 0.267. The third kappa shape index (κ3) is 5.14. The molecule has 0 saturated heterocycles. The Morgan fingerprint density at radius 3 is 1.78 bits per heavy atom. The molecule has 0 spiro atoms. The highest BCUT2D eigenvalue weighted by Crippen LogP contribution is 2.25. The van der Waals surface area contributed by atoms with E-state index >= 15 is 0 Å². The summed E-state index contributed by atoms with van der Waals surface area (Å²) in [5.41, 5.74) is 3.22. The third-order valence-electron chi connectivity index (χ3n) is 3.14. The Bertz CT molecular complexity index is 955. The van der Waals surface area contributed by atoms with Crippen LogP contribution >= 0.6 is 23.5 Å². The average molecular weight is 404 g/mol. The van der Waals surface area contributed by atoms with Crippen molar-refractivity contribution in [3.63, 3.8) is 0 Å². The van der Waals surface area contributed by atoms with E-state index in [1.165, 1.54) is 0 Å². The predicted molar refractivity (Wildman–Crippen MR) is 103 cm³/mol. The Morgan fingerprint density at radius 1 is 0.889 bits per heavy atom. The van der Waals surface area contributed by atoms with Gasteiger partial charge in [0.05, 0.1) is 12.7 Å². The van der Waals surface area contributed by atoms with E-state index in [-0.39, 0.29) is 0 Å². The second-order valence-corrected chi connectivity index (χ2v) is 7.30. The van der Waals surface area contributed by atoms with Crippen LogP contribution in [-0.2, 0) is 4.79 Å². The lowest BCUT2D eigenvalue weighted by atomic mass is 10.6. The summed E-state index contributed by atoms with van der Waals surface area (Å²) in [6.07, 6.45) is 7.43. The van der Waals surface area contributed by atoms with Gasteiger partial charge in [-0.2, -0.15) is 0 Å². The molecule has 0 atom stereocenters. The summed E-state index contributed by atoms with van der Waals surface area (Å²) in [7, 11) is 0. The molecule has 0 unspecified atom stereocenters. The van der Waals surface area contributed by atoms with Crippen molar-refractivity contribution in [1.29, 1.82) is 0 Å². The summed E-state index contributed by atoms with van der Waals surface area (Å²) in [5, 5.41) is 9.30. The minimum Gasteiger partial charge on any atom is -0.481 e. The Morgan fingerprint density at radius 2 is 1.33 bits per heavy atom. The van der Waals surface area contributed by atoms with Gasteiger partial charge >= 0.3 is 0 Å². The monoisotopic (exact) mass is 404 g/mol. The van der Waals surface area contributed by atoms with Crippen LogP contribution in [0.15, 0.2) is 35.4 Å². The van der Waals surface area contributed by atoms with E-state index in [1.807, 2.05) is 0 Å². The number of carboxylic acids is 1. The number of hydrogen-bond donors (Lipinski definition) is 3. The zero-order valence-corrected chi connectivity index (χ0v) is 15.9. The number of carboxylic acid groups (broad SMARTS) is 1. The number of hydrogen-bond acceptors (Lipinski definition) is 9. The van der Waals surface area contributed by atoms with Crippen molar-refractivity contribution in [2.75, 3.05) is 11.5 Å². The molecule has 4 aromatic heterocycles. The van der Waals surface area contributed by atoms with E-state index < -0.39 is 5.97 Å². The topological polar surface area (TPSA) is 146 Å². The first-order chi connectivity index (χ1) is 13.1. The van der Waals surface area contributed by atoms with E-state index in [0.717, 1.165) is 45.9 Å². The van der Waals surface area contributed by atoms with Gasteiger partial charge in [-0.1, -0.05) is 0 Å². The van der Waals surface area contributed by atoms with Crippen molar-refractivity contribution in [2.24, 2.45) is 0 Å². The van der Waals surface area contributed by atoms with Gasteiger partial charge in [0.15, 0.2) is 11.3 Å². The minimum atomic E-state index is -0.833. The summed E-state index contributed by atoms with van der Waals surface area (Å²) < 4.78 is 0. The van der Waals surface area contributed by atoms with Gasteiger partial charge in [0.1, 0.15) is 33.7 Å². The Labute approximate surface area is 162 Å². The van der Waals surface area contributed by atoms with Crippen molar-refractivity contribution in [3.05, 3.63) is 25.3 Å². The molecule has 10 nitrogen and oxygen atoms in total. The Balaban J connectivity index is 0.000000481.